The molecule has 40 heavy (non-hydrogen) atoms. The van der Waals surface area contributed by atoms with Crippen LogP contribution < -0.4 is 0 Å². The Balaban J connectivity index is 2.00. The number of fused-ring (bicyclic) bond motifs is 1. The maximum atomic E-state index is 13.1. The predicted molar refractivity (Wildman–Crippen MR) is 137 cm³/mol. The highest BCUT2D eigenvalue weighted by molar-refractivity contribution is 5.89. The van der Waals surface area contributed by atoms with E-state index < -0.39 is 88.8 Å². The minimum absolute atomic E-state index is 0.131. The van der Waals surface area contributed by atoms with Crippen molar-refractivity contribution < 1.29 is 52.4 Å². The van der Waals surface area contributed by atoms with Crippen molar-refractivity contribution >= 4 is 29.8 Å². The summed E-state index contributed by atoms with van der Waals surface area (Å²) in [5.41, 5.74) is -3.09. The van der Waals surface area contributed by atoms with Crippen molar-refractivity contribution in [3.8, 4) is 0 Å². The number of carbonyl (C=O) groups excluding carboxylic acids is 5. The van der Waals surface area contributed by atoms with E-state index >= 15 is 0 Å². The first-order valence-electron chi connectivity index (χ1n) is 13.9. The Hall–Kier alpha value is -2.95. The fourth-order valence-electron chi connectivity index (χ4n) is 7.31. The number of ether oxygens (including phenoxy) is 6. The van der Waals surface area contributed by atoms with Gasteiger partial charge in [-0.15, -0.1) is 0 Å². The van der Waals surface area contributed by atoms with E-state index in [1.807, 2.05) is 20.8 Å². The van der Waals surface area contributed by atoms with Crippen LogP contribution in [0.25, 0.3) is 0 Å². The molecule has 0 amide bonds. The average Bonchev–Trinajstić information content (AvgIpc) is 3.44. The van der Waals surface area contributed by atoms with Crippen molar-refractivity contribution in [1.29, 1.82) is 0 Å². The van der Waals surface area contributed by atoms with Crippen molar-refractivity contribution in [3.63, 3.8) is 0 Å². The molecule has 2 saturated heterocycles. The molecule has 222 valence electrons. The number of epoxide rings is 1. The molecular weight excluding hydrogens is 524 g/mol. The van der Waals surface area contributed by atoms with E-state index in [1.54, 1.807) is 19.9 Å². The van der Waals surface area contributed by atoms with Gasteiger partial charge in [0.1, 0.15) is 24.4 Å². The molecule has 0 radical (unpaired) electrons. The first-order chi connectivity index (χ1) is 18.6. The topological polar surface area (TPSA) is 144 Å². The van der Waals surface area contributed by atoms with Crippen molar-refractivity contribution in [2.75, 3.05) is 0 Å². The lowest BCUT2D eigenvalue weighted by Gasteiger charge is -2.57. The molecule has 0 aromatic rings. The van der Waals surface area contributed by atoms with Crippen LogP contribution in [0.3, 0.4) is 0 Å². The number of rotatable bonds is 5. The Morgan fingerprint density at radius 3 is 2.12 bits per heavy atom. The summed E-state index contributed by atoms with van der Waals surface area (Å²) in [4.78, 5) is 63.2. The summed E-state index contributed by atoms with van der Waals surface area (Å²) in [6.07, 6.45) is -1.49. The molecule has 11 nitrogen and oxygen atoms in total. The van der Waals surface area contributed by atoms with Gasteiger partial charge in [0.2, 0.25) is 0 Å². The van der Waals surface area contributed by atoms with Crippen LogP contribution in [0.15, 0.2) is 11.6 Å². The molecule has 0 aromatic carbocycles. The summed E-state index contributed by atoms with van der Waals surface area (Å²) in [5.74, 6) is -4.00. The molecule has 0 aromatic heterocycles. The molecule has 0 bridgehead atoms. The number of esters is 5. The summed E-state index contributed by atoms with van der Waals surface area (Å²) in [7, 11) is 0. The highest BCUT2D eigenvalue weighted by Gasteiger charge is 2.87. The molecule has 2 heterocycles. The maximum absolute atomic E-state index is 13.1. The second-order valence-electron chi connectivity index (χ2n) is 11.9. The van der Waals surface area contributed by atoms with Gasteiger partial charge in [0.15, 0.2) is 17.3 Å². The molecule has 0 unspecified atom stereocenters. The van der Waals surface area contributed by atoms with Crippen LogP contribution in [0, 0.1) is 17.3 Å². The first-order valence-corrected chi connectivity index (χ1v) is 13.9. The van der Waals surface area contributed by atoms with Gasteiger partial charge in [-0.1, -0.05) is 26.3 Å². The zero-order valence-electron chi connectivity index (χ0n) is 24.4. The summed E-state index contributed by atoms with van der Waals surface area (Å²) >= 11 is 0. The molecule has 2 aliphatic carbocycles. The van der Waals surface area contributed by atoms with Gasteiger partial charge >= 0.3 is 29.8 Å². The number of carbonyl (C=O) groups is 5. The summed E-state index contributed by atoms with van der Waals surface area (Å²) in [6, 6.07) is 0. The van der Waals surface area contributed by atoms with Gasteiger partial charge in [0.25, 0.3) is 0 Å². The number of hydrogen-bond acceptors (Lipinski definition) is 11. The minimum atomic E-state index is -1.41. The molecule has 4 aliphatic rings. The normalized spacial score (nSPS) is 43.4. The zero-order chi connectivity index (χ0) is 29.8. The first kappa shape index (κ1) is 30.0. The average molecular weight is 565 g/mol. The summed E-state index contributed by atoms with van der Waals surface area (Å²) < 4.78 is 35.8. The highest BCUT2D eigenvalue weighted by Crippen LogP contribution is 2.66. The Labute approximate surface area is 234 Å². The molecule has 3 fully saturated rings. The van der Waals surface area contributed by atoms with Crippen LogP contribution in [-0.2, 0) is 52.4 Å². The molecule has 1 spiro atoms. The quantitative estimate of drug-likeness (QED) is 0.210. The lowest BCUT2D eigenvalue weighted by molar-refractivity contribution is -0.235. The summed E-state index contributed by atoms with van der Waals surface area (Å²) in [5, 5.41) is 0. The van der Waals surface area contributed by atoms with Crippen molar-refractivity contribution in [3.05, 3.63) is 11.6 Å². The lowest BCUT2D eigenvalue weighted by Crippen LogP contribution is -2.66. The molecule has 2 aliphatic heterocycles. The standard InChI is InChI=1S/C29H40O11/c1-9-23(33)38-19-13-21(36-17(5)31)27(7)20(35-16(4)30)11-10-14(2)12-22-29(28(8,40-29)26(34)39-22)25(37-18(6)32)24(27)15(19)3/h12,15,19-22,24-25H,9-11,13H2,1-8H3/b14-12-/t15-,19-,20+,21-,22-,24+,25+,27-,28-,29-/m0/s1. The molecule has 10 atom stereocenters. The van der Waals surface area contributed by atoms with Crippen molar-refractivity contribution in [2.24, 2.45) is 17.3 Å². The Bertz CT molecular complexity index is 1130. The Morgan fingerprint density at radius 2 is 1.57 bits per heavy atom. The molecule has 11 heteroatoms. The van der Waals surface area contributed by atoms with Gasteiger partial charge < -0.3 is 28.4 Å². The van der Waals surface area contributed by atoms with Gasteiger partial charge in [0, 0.05) is 50.9 Å². The smallest absolute Gasteiger partial charge is 0.342 e. The molecular formula is C29H40O11. The van der Waals surface area contributed by atoms with Crippen molar-refractivity contribution in [2.45, 2.75) is 123 Å². The number of hydrogen-bond donors (Lipinski definition) is 0. The SMILES string of the molecule is CCC(=O)O[C@H]1C[C@H](OC(C)=O)[C@@]2(C)[C@H]([C@H]1C)[C@@H](OC(C)=O)[C@]13O[C@@]1(C)C(=O)O[C@H]3/C=C(/C)CC[C@H]2OC(C)=O. The molecule has 4 rings (SSSR count). The van der Waals surface area contributed by atoms with Gasteiger partial charge in [-0.05, 0) is 32.8 Å². The third-order valence-corrected chi connectivity index (χ3v) is 9.29. The second-order valence-corrected chi connectivity index (χ2v) is 11.9. The van der Waals surface area contributed by atoms with E-state index in [-0.39, 0.29) is 12.8 Å². The highest BCUT2D eigenvalue weighted by atomic mass is 16.7. The van der Waals surface area contributed by atoms with E-state index in [4.69, 9.17) is 28.4 Å². The van der Waals surface area contributed by atoms with Crippen LogP contribution >= 0.6 is 0 Å². The monoisotopic (exact) mass is 564 g/mol. The third-order valence-electron chi connectivity index (χ3n) is 9.29. The second kappa shape index (κ2) is 10.5. The van der Waals surface area contributed by atoms with Crippen LogP contribution in [0.1, 0.15) is 81.1 Å². The largest absolute Gasteiger partial charge is 0.462 e. The van der Waals surface area contributed by atoms with Gasteiger partial charge in [-0.2, -0.15) is 0 Å². The Morgan fingerprint density at radius 1 is 0.975 bits per heavy atom. The van der Waals surface area contributed by atoms with Crippen LogP contribution in [0.5, 0.6) is 0 Å². The van der Waals surface area contributed by atoms with E-state index in [1.165, 1.54) is 20.8 Å². The van der Waals surface area contributed by atoms with Crippen LogP contribution in [0.2, 0.25) is 0 Å². The van der Waals surface area contributed by atoms with Crippen LogP contribution in [0.4, 0.5) is 0 Å². The summed E-state index contributed by atoms with van der Waals surface area (Å²) in [6.45, 7) is 12.7. The van der Waals surface area contributed by atoms with Gasteiger partial charge in [-0.3, -0.25) is 19.2 Å². The number of allylic oxidation sites excluding steroid dienone is 1. The van der Waals surface area contributed by atoms with Crippen molar-refractivity contribution in [1.82, 2.24) is 0 Å². The van der Waals surface area contributed by atoms with E-state index in [9.17, 15) is 24.0 Å². The fraction of sp³-hybridized carbons (Fsp3) is 0.759. The fourth-order valence-corrected chi connectivity index (χ4v) is 7.31. The lowest BCUT2D eigenvalue weighted by atomic mass is 9.53. The molecule has 1 saturated carbocycles. The van der Waals surface area contributed by atoms with E-state index in [0.29, 0.717) is 12.8 Å². The van der Waals surface area contributed by atoms with E-state index in [2.05, 4.69) is 0 Å². The minimum Gasteiger partial charge on any atom is -0.462 e. The maximum Gasteiger partial charge on any atom is 0.342 e. The van der Waals surface area contributed by atoms with E-state index in [0.717, 1.165) is 5.57 Å². The van der Waals surface area contributed by atoms with Gasteiger partial charge in [0.05, 0.1) is 0 Å². The van der Waals surface area contributed by atoms with Gasteiger partial charge in [-0.25, -0.2) is 4.79 Å². The van der Waals surface area contributed by atoms with Crippen LogP contribution in [-0.4, -0.2) is 71.6 Å². The molecule has 0 N–H and O–H groups in total. The predicted octanol–water partition coefficient (Wildman–Crippen LogP) is 2.96. The zero-order valence-corrected chi connectivity index (χ0v) is 24.4. The Kier molecular flexibility index (Phi) is 7.85. The third kappa shape index (κ3) is 4.69.